The Morgan fingerprint density at radius 3 is 2.35 bits per heavy atom. The summed E-state index contributed by atoms with van der Waals surface area (Å²) in [5.41, 5.74) is 5.34. The largest absolute Gasteiger partial charge is 0.296 e. The van der Waals surface area contributed by atoms with Gasteiger partial charge >= 0.3 is 0 Å². The predicted molar refractivity (Wildman–Crippen MR) is 129 cm³/mol. The van der Waals surface area contributed by atoms with E-state index in [1.807, 2.05) is 30.5 Å². The van der Waals surface area contributed by atoms with E-state index >= 15 is 0 Å². The fourth-order valence-electron chi connectivity index (χ4n) is 4.25. The smallest absolute Gasteiger partial charge is 0.138 e. The van der Waals surface area contributed by atoms with Gasteiger partial charge in [-0.05, 0) is 13.0 Å². The monoisotopic (exact) mass is 408 g/mol. The van der Waals surface area contributed by atoms with Crippen molar-refractivity contribution >= 4 is 5.71 Å². The van der Waals surface area contributed by atoms with Crippen LogP contribution in [-0.2, 0) is 0 Å². The van der Waals surface area contributed by atoms with Crippen LogP contribution >= 0.6 is 0 Å². The predicted octanol–water partition coefficient (Wildman–Crippen LogP) is 5.69. The van der Waals surface area contributed by atoms with Crippen LogP contribution in [0.1, 0.15) is 41.7 Å². The molecule has 4 rings (SSSR count). The van der Waals surface area contributed by atoms with Crippen molar-refractivity contribution in [3.05, 3.63) is 121 Å². The minimum atomic E-state index is -0.0888. The van der Waals surface area contributed by atoms with E-state index in [2.05, 4.69) is 84.7 Å². The van der Waals surface area contributed by atoms with Crippen molar-refractivity contribution < 1.29 is 0 Å². The van der Waals surface area contributed by atoms with Gasteiger partial charge in [0, 0.05) is 24.2 Å². The fourth-order valence-corrected chi connectivity index (χ4v) is 4.25. The second-order valence-corrected chi connectivity index (χ2v) is 7.63. The third-order valence-corrected chi connectivity index (χ3v) is 5.61. The Kier molecular flexibility index (Phi) is 6.10. The van der Waals surface area contributed by atoms with Crippen molar-refractivity contribution in [2.45, 2.75) is 19.0 Å². The first-order valence-corrected chi connectivity index (χ1v) is 10.6. The fraction of sp³-hybridized carbons (Fsp3) is 0.185. The van der Waals surface area contributed by atoms with Crippen LogP contribution in [0.4, 0.5) is 0 Å². The van der Waals surface area contributed by atoms with Crippen molar-refractivity contribution in [2.75, 3.05) is 13.1 Å². The SMILES string of the molecule is C=CCN(CC=C)C(C=C)c1cnc2n1-c1ccccc1C(c1ccccc1)=NC2C. The average Bonchev–Trinajstić information content (AvgIpc) is 3.18. The molecular weight excluding hydrogens is 380 g/mol. The zero-order valence-electron chi connectivity index (χ0n) is 18.0. The van der Waals surface area contributed by atoms with Crippen LogP contribution in [0, 0.1) is 0 Å². The number of imidazole rings is 1. The Morgan fingerprint density at radius 2 is 1.68 bits per heavy atom. The lowest BCUT2D eigenvalue weighted by molar-refractivity contribution is 0.278. The molecule has 4 heteroatoms. The summed E-state index contributed by atoms with van der Waals surface area (Å²) in [7, 11) is 0. The number of aliphatic imine (C=N–C) groups is 1. The molecule has 2 aromatic carbocycles. The summed E-state index contributed by atoms with van der Waals surface area (Å²) < 4.78 is 2.25. The maximum absolute atomic E-state index is 5.11. The van der Waals surface area contributed by atoms with Crippen LogP contribution in [0.3, 0.4) is 0 Å². The molecule has 2 heterocycles. The van der Waals surface area contributed by atoms with Crippen LogP contribution in [-0.4, -0.2) is 33.3 Å². The van der Waals surface area contributed by atoms with Crippen LogP contribution < -0.4 is 0 Å². The number of benzene rings is 2. The van der Waals surface area contributed by atoms with Gasteiger partial charge < -0.3 is 0 Å². The molecule has 3 aromatic rings. The highest BCUT2D eigenvalue weighted by Gasteiger charge is 2.29. The molecule has 156 valence electrons. The first kappa shape index (κ1) is 20.8. The Labute approximate surface area is 184 Å². The normalized spacial score (nSPS) is 15.9. The molecule has 0 bridgehead atoms. The maximum atomic E-state index is 5.11. The van der Waals surface area contributed by atoms with E-state index in [1.54, 1.807) is 0 Å². The Hall–Kier alpha value is -3.50. The Bertz CT molecular complexity index is 1110. The van der Waals surface area contributed by atoms with E-state index in [4.69, 9.17) is 9.98 Å². The maximum Gasteiger partial charge on any atom is 0.138 e. The Balaban J connectivity index is 1.92. The molecule has 0 radical (unpaired) electrons. The van der Waals surface area contributed by atoms with E-state index < -0.39 is 0 Å². The molecule has 0 fully saturated rings. The van der Waals surface area contributed by atoms with E-state index in [-0.39, 0.29) is 12.1 Å². The van der Waals surface area contributed by atoms with Crippen LogP contribution in [0.25, 0.3) is 5.69 Å². The minimum absolute atomic E-state index is 0.0317. The van der Waals surface area contributed by atoms with Gasteiger partial charge in [0.2, 0.25) is 0 Å². The highest BCUT2D eigenvalue weighted by atomic mass is 15.2. The lowest BCUT2D eigenvalue weighted by Crippen LogP contribution is -2.29. The molecule has 31 heavy (non-hydrogen) atoms. The minimum Gasteiger partial charge on any atom is -0.296 e. The molecule has 0 saturated heterocycles. The number of fused-ring (bicyclic) bond motifs is 3. The Morgan fingerprint density at radius 1 is 1.00 bits per heavy atom. The molecule has 2 unspecified atom stereocenters. The van der Waals surface area contributed by atoms with Gasteiger partial charge in [0.05, 0.1) is 29.3 Å². The number of nitrogens with zero attached hydrogens (tertiary/aromatic N) is 4. The van der Waals surface area contributed by atoms with Gasteiger partial charge in [-0.3, -0.25) is 14.5 Å². The van der Waals surface area contributed by atoms with E-state index in [9.17, 15) is 0 Å². The average molecular weight is 409 g/mol. The molecule has 2 atom stereocenters. The van der Waals surface area contributed by atoms with E-state index in [1.165, 1.54) is 0 Å². The molecule has 1 aromatic heterocycles. The van der Waals surface area contributed by atoms with Crippen molar-refractivity contribution in [2.24, 2.45) is 4.99 Å². The summed E-state index contributed by atoms with van der Waals surface area (Å²) in [6.07, 6.45) is 7.74. The zero-order valence-corrected chi connectivity index (χ0v) is 18.0. The van der Waals surface area contributed by atoms with E-state index in [0.717, 1.165) is 47.1 Å². The molecule has 1 aliphatic heterocycles. The zero-order chi connectivity index (χ0) is 21.8. The van der Waals surface area contributed by atoms with Crippen molar-refractivity contribution in [3.63, 3.8) is 0 Å². The summed E-state index contributed by atoms with van der Waals surface area (Å²) in [5, 5.41) is 0. The second-order valence-electron chi connectivity index (χ2n) is 7.63. The molecule has 1 aliphatic rings. The number of rotatable bonds is 8. The van der Waals surface area contributed by atoms with Crippen molar-refractivity contribution in [1.29, 1.82) is 0 Å². The lowest BCUT2D eigenvalue weighted by Gasteiger charge is -2.28. The molecule has 0 N–H and O–H groups in total. The van der Waals surface area contributed by atoms with Gasteiger partial charge in [0.15, 0.2) is 0 Å². The van der Waals surface area contributed by atoms with Crippen molar-refractivity contribution in [3.8, 4) is 5.69 Å². The molecule has 4 nitrogen and oxygen atoms in total. The second kappa shape index (κ2) is 9.11. The summed E-state index contributed by atoms with van der Waals surface area (Å²) in [6.45, 7) is 15.5. The number of para-hydroxylation sites is 1. The third kappa shape index (κ3) is 3.82. The van der Waals surface area contributed by atoms with Gasteiger partial charge in [-0.15, -0.1) is 19.7 Å². The highest BCUT2D eigenvalue weighted by Crippen LogP contribution is 2.34. The third-order valence-electron chi connectivity index (χ3n) is 5.61. The standard InChI is InChI=1S/C27H28N4/c1-5-17-30(18-6-2)23(7-3)25-19-28-27-20(4)29-26(21-13-9-8-10-14-21)22-15-11-12-16-24(22)31(25)27/h5-16,19-20,23H,1-3,17-18H2,4H3. The first-order valence-electron chi connectivity index (χ1n) is 10.6. The molecular formula is C27H28N4. The van der Waals surface area contributed by atoms with Gasteiger partial charge in [-0.2, -0.15) is 0 Å². The van der Waals surface area contributed by atoms with E-state index in [0.29, 0.717) is 0 Å². The van der Waals surface area contributed by atoms with Gasteiger partial charge in [0.1, 0.15) is 11.9 Å². The summed E-state index contributed by atoms with van der Waals surface area (Å²) in [6, 6.07) is 18.7. The highest BCUT2D eigenvalue weighted by molar-refractivity contribution is 6.15. The molecule has 0 aliphatic carbocycles. The molecule has 0 saturated carbocycles. The molecule has 0 amide bonds. The number of hydrogen-bond donors (Lipinski definition) is 0. The van der Waals surface area contributed by atoms with Gasteiger partial charge in [0.25, 0.3) is 0 Å². The summed E-state index contributed by atoms with van der Waals surface area (Å²) in [4.78, 5) is 12.2. The number of aromatic nitrogens is 2. The topological polar surface area (TPSA) is 33.4 Å². The summed E-state index contributed by atoms with van der Waals surface area (Å²) in [5.74, 6) is 0.928. The van der Waals surface area contributed by atoms with Gasteiger partial charge in [-0.1, -0.05) is 66.8 Å². The van der Waals surface area contributed by atoms with Crippen LogP contribution in [0.5, 0.6) is 0 Å². The lowest BCUT2D eigenvalue weighted by atomic mass is 10.00. The van der Waals surface area contributed by atoms with Crippen LogP contribution in [0.2, 0.25) is 0 Å². The number of hydrogen-bond acceptors (Lipinski definition) is 3. The molecule has 0 spiro atoms. The quantitative estimate of drug-likeness (QED) is 0.449. The van der Waals surface area contributed by atoms with Gasteiger partial charge in [-0.25, -0.2) is 4.98 Å². The van der Waals surface area contributed by atoms with Crippen LogP contribution in [0.15, 0.2) is 104 Å². The first-order chi connectivity index (χ1) is 15.2. The van der Waals surface area contributed by atoms with Crippen molar-refractivity contribution in [1.82, 2.24) is 14.5 Å². The summed E-state index contributed by atoms with van der Waals surface area (Å²) >= 11 is 0.